The predicted octanol–water partition coefficient (Wildman–Crippen LogP) is 0.702. The summed E-state index contributed by atoms with van der Waals surface area (Å²) in [7, 11) is 5.16. The molecular formula is C13H20IN7O. The Balaban J connectivity index is 0.00000242. The van der Waals surface area contributed by atoms with E-state index in [2.05, 4.69) is 30.7 Å². The van der Waals surface area contributed by atoms with Gasteiger partial charge in [0.15, 0.2) is 5.96 Å². The van der Waals surface area contributed by atoms with E-state index in [1.807, 2.05) is 25.2 Å². The van der Waals surface area contributed by atoms with E-state index in [0.29, 0.717) is 24.9 Å². The molecule has 0 spiro atoms. The van der Waals surface area contributed by atoms with Crippen LogP contribution in [-0.4, -0.2) is 39.9 Å². The molecule has 2 N–H and O–H groups in total. The second-order valence-electron chi connectivity index (χ2n) is 4.25. The number of nitrogens with zero attached hydrogens (tertiary/aromatic N) is 5. The van der Waals surface area contributed by atoms with E-state index in [1.54, 1.807) is 18.8 Å². The number of aliphatic imine (C=N–C) groups is 1. The van der Waals surface area contributed by atoms with Crippen molar-refractivity contribution in [3.05, 3.63) is 36.0 Å². The number of rotatable bonds is 5. The Morgan fingerprint density at radius 3 is 2.73 bits per heavy atom. The zero-order valence-electron chi connectivity index (χ0n) is 12.8. The summed E-state index contributed by atoms with van der Waals surface area (Å²) >= 11 is 0. The molecule has 120 valence electrons. The highest BCUT2D eigenvalue weighted by molar-refractivity contribution is 14.0. The van der Waals surface area contributed by atoms with E-state index >= 15 is 0 Å². The van der Waals surface area contributed by atoms with Crippen LogP contribution in [0.5, 0.6) is 5.88 Å². The molecule has 0 saturated carbocycles. The van der Waals surface area contributed by atoms with E-state index in [-0.39, 0.29) is 24.0 Å². The van der Waals surface area contributed by atoms with Crippen molar-refractivity contribution in [2.75, 3.05) is 14.2 Å². The summed E-state index contributed by atoms with van der Waals surface area (Å²) in [5, 5.41) is 10.4. The Morgan fingerprint density at radius 2 is 2.09 bits per heavy atom. The largest absolute Gasteiger partial charge is 0.481 e. The SMILES string of the molecule is CN=C(NCc1cccc(OC)n1)NCc1ncnn1C.I. The molecule has 0 bridgehead atoms. The van der Waals surface area contributed by atoms with Crippen LogP contribution in [0.15, 0.2) is 29.5 Å². The molecule has 8 nitrogen and oxygen atoms in total. The summed E-state index contributed by atoms with van der Waals surface area (Å²) < 4.78 is 6.81. The number of halogens is 1. The van der Waals surface area contributed by atoms with Crippen LogP contribution in [0.25, 0.3) is 0 Å². The lowest BCUT2D eigenvalue weighted by molar-refractivity contribution is 0.396. The standard InChI is InChI=1S/C13H19N7O.HI/c1-14-13(16-8-11-17-9-18-20(11)2)15-7-10-5-4-6-12(19-10)21-3;/h4-6,9H,7-8H2,1-3H3,(H2,14,15,16);1H. The molecule has 2 aromatic rings. The molecule has 2 rings (SSSR count). The number of ether oxygens (including phenoxy) is 1. The minimum atomic E-state index is 0. The van der Waals surface area contributed by atoms with Crippen LogP contribution in [0, 0.1) is 0 Å². The first-order valence-electron chi connectivity index (χ1n) is 6.50. The average molecular weight is 417 g/mol. The predicted molar refractivity (Wildman–Crippen MR) is 94.2 cm³/mol. The van der Waals surface area contributed by atoms with Gasteiger partial charge < -0.3 is 15.4 Å². The van der Waals surface area contributed by atoms with Crippen LogP contribution in [0.1, 0.15) is 11.5 Å². The summed E-state index contributed by atoms with van der Waals surface area (Å²) in [5.41, 5.74) is 0.871. The Labute approximate surface area is 146 Å². The van der Waals surface area contributed by atoms with Crippen molar-refractivity contribution < 1.29 is 4.74 Å². The van der Waals surface area contributed by atoms with Crippen molar-refractivity contribution in [3.8, 4) is 5.88 Å². The summed E-state index contributed by atoms with van der Waals surface area (Å²) in [6.45, 7) is 1.09. The molecule has 0 amide bonds. The second-order valence-corrected chi connectivity index (χ2v) is 4.25. The fourth-order valence-electron chi connectivity index (χ4n) is 1.71. The Hall–Kier alpha value is -1.91. The van der Waals surface area contributed by atoms with Crippen LogP contribution in [0.2, 0.25) is 0 Å². The van der Waals surface area contributed by atoms with Crippen molar-refractivity contribution in [3.63, 3.8) is 0 Å². The molecule has 2 heterocycles. The zero-order chi connectivity index (χ0) is 15.1. The Morgan fingerprint density at radius 1 is 1.32 bits per heavy atom. The fourth-order valence-corrected chi connectivity index (χ4v) is 1.71. The Kier molecular flexibility index (Phi) is 7.57. The highest BCUT2D eigenvalue weighted by Crippen LogP contribution is 2.05. The molecule has 0 saturated heterocycles. The maximum Gasteiger partial charge on any atom is 0.213 e. The van der Waals surface area contributed by atoms with Crippen LogP contribution >= 0.6 is 24.0 Å². The van der Waals surface area contributed by atoms with Gasteiger partial charge in [0.05, 0.1) is 25.9 Å². The average Bonchev–Trinajstić information content (AvgIpc) is 2.93. The number of hydrogen-bond acceptors (Lipinski definition) is 5. The molecular weight excluding hydrogens is 397 g/mol. The highest BCUT2D eigenvalue weighted by Gasteiger charge is 2.03. The van der Waals surface area contributed by atoms with Crippen LogP contribution < -0.4 is 15.4 Å². The number of aromatic nitrogens is 4. The molecule has 0 aliphatic rings. The second kappa shape index (κ2) is 9.18. The number of hydrogen-bond donors (Lipinski definition) is 2. The van der Waals surface area contributed by atoms with Gasteiger partial charge in [0, 0.05) is 20.2 Å². The van der Waals surface area contributed by atoms with Crippen molar-refractivity contribution in [2.45, 2.75) is 13.1 Å². The van der Waals surface area contributed by atoms with E-state index < -0.39 is 0 Å². The van der Waals surface area contributed by atoms with Crippen LogP contribution in [-0.2, 0) is 20.1 Å². The van der Waals surface area contributed by atoms with Gasteiger partial charge in [0.2, 0.25) is 5.88 Å². The van der Waals surface area contributed by atoms with Crippen molar-refractivity contribution in [1.29, 1.82) is 0 Å². The third-order valence-corrected chi connectivity index (χ3v) is 2.87. The molecule has 0 aliphatic heterocycles. The summed E-state index contributed by atoms with van der Waals surface area (Å²) in [4.78, 5) is 12.6. The zero-order valence-corrected chi connectivity index (χ0v) is 15.1. The molecule has 0 fully saturated rings. The number of nitrogens with one attached hydrogen (secondary N) is 2. The van der Waals surface area contributed by atoms with Gasteiger partial charge in [-0.1, -0.05) is 6.07 Å². The van der Waals surface area contributed by atoms with Crippen LogP contribution in [0.4, 0.5) is 0 Å². The maximum atomic E-state index is 5.09. The third-order valence-electron chi connectivity index (χ3n) is 2.87. The first-order chi connectivity index (χ1) is 10.2. The van der Waals surface area contributed by atoms with E-state index in [1.165, 1.54) is 6.33 Å². The molecule has 22 heavy (non-hydrogen) atoms. The number of guanidine groups is 1. The molecule has 2 aromatic heterocycles. The molecule has 9 heteroatoms. The maximum absolute atomic E-state index is 5.09. The molecule has 0 aromatic carbocycles. The normalized spacial score (nSPS) is 10.8. The third kappa shape index (κ3) is 5.13. The smallest absolute Gasteiger partial charge is 0.213 e. The topological polar surface area (TPSA) is 89.2 Å². The summed E-state index contributed by atoms with van der Waals surface area (Å²) in [6.07, 6.45) is 1.52. The summed E-state index contributed by atoms with van der Waals surface area (Å²) in [5.74, 6) is 2.09. The van der Waals surface area contributed by atoms with Gasteiger partial charge in [-0.3, -0.25) is 9.67 Å². The fraction of sp³-hybridized carbons (Fsp3) is 0.385. The minimum absolute atomic E-state index is 0. The Bertz CT molecular complexity index is 614. The van der Waals surface area contributed by atoms with Crippen molar-refractivity contribution in [2.24, 2.45) is 12.0 Å². The monoisotopic (exact) mass is 417 g/mol. The van der Waals surface area contributed by atoms with E-state index in [4.69, 9.17) is 4.74 Å². The quantitative estimate of drug-likeness (QED) is 0.423. The molecule has 0 atom stereocenters. The number of pyridine rings is 1. The number of methoxy groups -OCH3 is 1. The molecule has 0 unspecified atom stereocenters. The first kappa shape index (κ1) is 18.1. The van der Waals surface area contributed by atoms with Crippen LogP contribution in [0.3, 0.4) is 0 Å². The minimum Gasteiger partial charge on any atom is -0.481 e. The first-order valence-corrected chi connectivity index (χ1v) is 6.50. The number of aryl methyl sites for hydroxylation is 1. The van der Waals surface area contributed by atoms with E-state index in [0.717, 1.165) is 11.5 Å². The lowest BCUT2D eigenvalue weighted by Crippen LogP contribution is -2.37. The van der Waals surface area contributed by atoms with Crippen molar-refractivity contribution in [1.82, 2.24) is 30.4 Å². The lowest BCUT2D eigenvalue weighted by atomic mass is 10.3. The molecule has 0 aliphatic carbocycles. The van der Waals surface area contributed by atoms with Gasteiger partial charge in [-0.05, 0) is 6.07 Å². The van der Waals surface area contributed by atoms with Gasteiger partial charge >= 0.3 is 0 Å². The van der Waals surface area contributed by atoms with E-state index in [9.17, 15) is 0 Å². The van der Waals surface area contributed by atoms with Gasteiger partial charge in [-0.2, -0.15) is 5.10 Å². The van der Waals surface area contributed by atoms with Gasteiger partial charge in [0.25, 0.3) is 0 Å². The highest BCUT2D eigenvalue weighted by atomic mass is 127. The lowest BCUT2D eigenvalue weighted by Gasteiger charge is -2.11. The van der Waals surface area contributed by atoms with Gasteiger partial charge in [-0.25, -0.2) is 9.97 Å². The summed E-state index contributed by atoms with van der Waals surface area (Å²) in [6, 6.07) is 5.63. The van der Waals surface area contributed by atoms with Gasteiger partial charge in [0.1, 0.15) is 12.2 Å². The van der Waals surface area contributed by atoms with Crippen molar-refractivity contribution >= 4 is 29.9 Å². The van der Waals surface area contributed by atoms with Gasteiger partial charge in [-0.15, -0.1) is 24.0 Å². The molecule has 0 radical (unpaired) electrons.